The lowest BCUT2D eigenvalue weighted by Gasteiger charge is -2.33. The Kier molecular flexibility index (Phi) is 12.4. The summed E-state index contributed by atoms with van der Waals surface area (Å²) in [5.41, 5.74) is 11.9. The van der Waals surface area contributed by atoms with Gasteiger partial charge in [-0.15, -0.1) is 0 Å². The Balaban J connectivity index is 1.08. The van der Waals surface area contributed by atoms with Crippen molar-refractivity contribution in [3.63, 3.8) is 0 Å². The topological polar surface area (TPSA) is 84.6 Å². The van der Waals surface area contributed by atoms with Crippen LogP contribution in [-0.4, -0.2) is 55.7 Å². The third-order valence-corrected chi connectivity index (χ3v) is 19.0. The van der Waals surface area contributed by atoms with Gasteiger partial charge < -0.3 is 9.13 Å². The van der Waals surface area contributed by atoms with E-state index in [0.29, 0.717) is 46.1 Å². The zero-order valence-electron chi connectivity index (χ0n) is 48.0. The highest BCUT2D eigenvalue weighted by atomic mass is 16.2. The highest BCUT2D eigenvalue weighted by Gasteiger charge is 2.40. The molecule has 0 saturated carbocycles. The van der Waals surface area contributed by atoms with Crippen molar-refractivity contribution in [3.8, 4) is 33.6 Å². The molecule has 2 atom stereocenters. The molecule has 412 valence electrons. The van der Waals surface area contributed by atoms with Gasteiger partial charge in [0.15, 0.2) is 0 Å². The van der Waals surface area contributed by atoms with Crippen LogP contribution in [0.1, 0.15) is 120 Å². The molecule has 0 saturated heterocycles. The number of carbonyl (C=O) groups excluding carboxylic acids is 4. The van der Waals surface area contributed by atoms with E-state index in [0.717, 1.165) is 161 Å². The van der Waals surface area contributed by atoms with E-state index in [1.54, 1.807) is 4.90 Å². The van der Waals surface area contributed by atoms with Gasteiger partial charge in [0, 0.05) is 84.4 Å². The van der Waals surface area contributed by atoms with E-state index >= 15 is 19.2 Å². The average molecular weight is 1100 g/mol. The average Bonchev–Trinajstić information content (AvgIpc) is 0.904. The number of imide groups is 2. The molecule has 2 aromatic heterocycles. The highest BCUT2D eigenvalue weighted by molar-refractivity contribution is 6.45. The summed E-state index contributed by atoms with van der Waals surface area (Å²) in [5, 5.41) is 10.7. The Labute approximate surface area is 487 Å². The van der Waals surface area contributed by atoms with Crippen LogP contribution in [0.25, 0.3) is 120 Å². The quantitative estimate of drug-likeness (QED) is 0.0548. The minimum atomic E-state index is -0.289. The summed E-state index contributed by atoms with van der Waals surface area (Å²) in [4.78, 5) is 65.0. The summed E-state index contributed by atoms with van der Waals surface area (Å²) in [6.07, 6.45) is 7.68. The maximum atomic E-state index is 15.8. The molecule has 0 aliphatic carbocycles. The van der Waals surface area contributed by atoms with Crippen molar-refractivity contribution < 1.29 is 19.2 Å². The van der Waals surface area contributed by atoms with E-state index in [-0.39, 0.29) is 35.5 Å². The lowest BCUT2D eigenvalue weighted by molar-refractivity contribution is 0.0565. The fourth-order valence-electron chi connectivity index (χ4n) is 14.7. The zero-order chi connectivity index (χ0) is 57.1. The number of rotatable bonds is 16. The predicted octanol–water partition coefficient (Wildman–Crippen LogP) is 18.9. The smallest absolute Gasteiger partial charge is 0.261 e. The fourth-order valence-corrected chi connectivity index (χ4v) is 14.7. The van der Waals surface area contributed by atoms with Gasteiger partial charge in [-0.3, -0.25) is 29.0 Å². The molecule has 4 amide bonds. The lowest BCUT2D eigenvalue weighted by atomic mass is 9.77. The van der Waals surface area contributed by atoms with Gasteiger partial charge in [0.05, 0.1) is 22.1 Å². The Morgan fingerprint density at radius 1 is 0.321 bits per heavy atom. The molecule has 84 heavy (non-hydrogen) atoms. The summed E-state index contributed by atoms with van der Waals surface area (Å²) < 4.78 is 4.62. The second-order valence-electron chi connectivity index (χ2n) is 23.6. The monoisotopic (exact) mass is 1100 g/mol. The first kappa shape index (κ1) is 51.5. The van der Waals surface area contributed by atoms with E-state index < -0.39 is 0 Å². The lowest BCUT2D eigenvalue weighted by Crippen LogP contribution is -2.43. The Morgan fingerprint density at radius 3 is 1.14 bits per heavy atom. The molecule has 0 radical (unpaired) electrons. The molecular formula is C76H64N4O4. The van der Waals surface area contributed by atoms with Gasteiger partial charge in [0.2, 0.25) is 0 Å². The minimum Gasteiger partial charge on any atom is -0.309 e. The number of para-hydroxylation sites is 4. The third-order valence-electron chi connectivity index (χ3n) is 19.0. The van der Waals surface area contributed by atoms with Crippen molar-refractivity contribution >= 4 is 110 Å². The van der Waals surface area contributed by atoms with E-state index in [2.05, 4.69) is 195 Å². The van der Waals surface area contributed by atoms with Gasteiger partial charge in [-0.2, -0.15) is 0 Å². The predicted molar refractivity (Wildman–Crippen MR) is 345 cm³/mol. The number of nitrogens with zero attached hydrogens (tertiary/aromatic N) is 4. The molecule has 15 rings (SSSR count). The second-order valence-corrected chi connectivity index (χ2v) is 23.6. The molecule has 0 bridgehead atoms. The Bertz CT molecular complexity index is 4610. The second kappa shape index (κ2) is 20.2. The van der Waals surface area contributed by atoms with Gasteiger partial charge in [-0.05, 0) is 159 Å². The van der Waals surface area contributed by atoms with Crippen LogP contribution in [0.2, 0.25) is 0 Å². The Morgan fingerprint density at radius 2 is 0.714 bits per heavy atom. The number of carbonyl (C=O) groups is 4. The van der Waals surface area contributed by atoms with Crippen LogP contribution >= 0.6 is 0 Å². The largest absolute Gasteiger partial charge is 0.309 e. The van der Waals surface area contributed by atoms with Crippen molar-refractivity contribution in [2.24, 2.45) is 11.8 Å². The fraction of sp³-hybridized carbons (Fsp3) is 0.211. The number of aromatic nitrogens is 2. The number of hydrogen-bond acceptors (Lipinski definition) is 4. The first-order valence-electron chi connectivity index (χ1n) is 30.4. The molecule has 0 fully saturated rings. The van der Waals surface area contributed by atoms with E-state index in [1.807, 2.05) is 24.3 Å². The third kappa shape index (κ3) is 7.65. The molecule has 2 unspecified atom stereocenters. The van der Waals surface area contributed by atoms with Gasteiger partial charge in [0.1, 0.15) is 0 Å². The van der Waals surface area contributed by atoms with Crippen molar-refractivity contribution in [2.45, 2.75) is 79.1 Å². The first-order chi connectivity index (χ1) is 41.2. The molecule has 11 aromatic carbocycles. The molecule has 8 nitrogen and oxygen atoms in total. The van der Waals surface area contributed by atoms with E-state index in [4.69, 9.17) is 0 Å². The summed E-state index contributed by atoms with van der Waals surface area (Å²) in [6, 6.07) is 63.3. The summed E-state index contributed by atoms with van der Waals surface area (Å²) in [6.45, 7) is 9.36. The molecule has 2 aliphatic rings. The van der Waals surface area contributed by atoms with Crippen molar-refractivity contribution in [3.05, 3.63) is 204 Å². The summed E-state index contributed by atoms with van der Waals surface area (Å²) in [5.74, 6) is -0.804. The molecule has 0 spiro atoms. The summed E-state index contributed by atoms with van der Waals surface area (Å²) in [7, 11) is 0. The number of hydrogen-bond donors (Lipinski definition) is 0. The minimum absolute atomic E-state index is 0.136. The number of amides is 4. The van der Waals surface area contributed by atoms with Gasteiger partial charge in [-0.25, -0.2) is 0 Å². The van der Waals surface area contributed by atoms with Crippen molar-refractivity contribution in [2.75, 3.05) is 13.1 Å². The van der Waals surface area contributed by atoms with Gasteiger partial charge in [0.25, 0.3) is 23.6 Å². The van der Waals surface area contributed by atoms with Crippen LogP contribution in [0, 0.1) is 11.8 Å². The van der Waals surface area contributed by atoms with Crippen molar-refractivity contribution in [1.82, 2.24) is 18.9 Å². The molecular weight excluding hydrogens is 1030 g/mol. The molecule has 4 heterocycles. The van der Waals surface area contributed by atoms with Crippen LogP contribution < -0.4 is 0 Å². The molecule has 13 aromatic rings. The number of benzene rings is 11. The Hall–Kier alpha value is -9.40. The SMILES string of the molecule is CCCCC(CC)CN1C(=O)c2ccc3c4c(-c5ccc6c(c5)c5ccccc5n6-c5ccccc5)cc5c6c(cc(-c7ccc8c(c7)c7ccccc7n8-c7ccccc7)c(c7ccc(c2c37)C1=O)c64)C(=O)N(CC(CC)CCCC)C5=O. The molecule has 2 aliphatic heterocycles. The van der Waals surface area contributed by atoms with Gasteiger partial charge in [-0.1, -0.05) is 163 Å². The van der Waals surface area contributed by atoms with Crippen LogP contribution in [0.3, 0.4) is 0 Å². The van der Waals surface area contributed by atoms with Crippen molar-refractivity contribution in [1.29, 1.82) is 0 Å². The van der Waals surface area contributed by atoms with Gasteiger partial charge >= 0.3 is 0 Å². The van der Waals surface area contributed by atoms with Crippen LogP contribution in [-0.2, 0) is 0 Å². The van der Waals surface area contributed by atoms with E-state index in [1.165, 1.54) is 4.90 Å². The maximum absolute atomic E-state index is 15.8. The van der Waals surface area contributed by atoms with E-state index in [9.17, 15) is 0 Å². The zero-order valence-corrected chi connectivity index (χ0v) is 48.0. The normalized spacial score (nSPS) is 14.4. The maximum Gasteiger partial charge on any atom is 0.261 e. The van der Waals surface area contributed by atoms with Crippen LogP contribution in [0.15, 0.2) is 182 Å². The van der Waals surface area contributed by atoms with Crippen LogP contribution in [0.4, 0.5) is 0 Å². The summed E-state index contributed by atoms with van der Waals surface area (Å²) >= 11 is 0. The molecule has 0 N–H and O–H groups in total. The number of unbranched alkanes of at least 4 members (excludes halogenated alkanes) is 2. The highest BCUT2D eigenvalue weighted by Crippen LogP contribution is 2.53. The standard InChI is InChI=1S/C76H64N4O4/c1-5-9-21-45(7-3)43-77-73(81)55-35-33-53-67-54(34-36-56(70(55)67)74(77)82)69-58(48-32-38-66-60(40-48)52-28-18-20-30-64(52)80(66)50-25-15-12-16-26-50)42-62-71-61(75(83)78(76(62)84)44-46(8-4)22-10-6-2)41-57(68(53)72(69)71)47-31-37-65-59(39-47)51-27-17-19-29-63(51)79(65)49-23-13-11-14-24-49/h11-20,23-42,45-46H,5-10,21-22,43-44H2,1-4H3. The van der Waals surface area contributed by atoms with Crippen LogP contribution in [0.5, 0.6) is 0 Å². The first-order valence-corrected chi connectivity index (χ1v) is 30.4. The number of fused-ring (bicyclic) bond motifs is 8. The molecule has 8 heteroatoms.